The van der Waals surface area contributed by atoms with E-state index in [0.717, 1.165) is 6.41 Å². The zero-order valence-electron chi connectivity index (χ0n) is 10.0. The molecule has 7 nitrogen and oxygen atoms in total. The monoisotopic (exact) mass is 279 g/mol. The predicted octanol–water partition coefficient (Wildman–Crippen LogP) is 1.47. The molecule has 8 heteroatoms. The van der Waals surface area contributed by atoms with Crippen LogP contribution in [0.25, 0.3) is 5.70 Å². The van der Waals surface area contributed by atoms with Gasteiger partial charge in [0.25, 0.3) is 10.9 Å². The van der Waals surface area contributed by atoms with Crippen molar-refractivity contribution in [3.05, 3.63) is 45.4 Å². The minimum Gasteiger partial charge on any atom is -0.317 e. The Bertz CT molecular complexity index is 596. The minimum atomic E-state index is -0.470. The van der Waals surface area contributed by atoms with E-state index in [1.807, 2.05) is 0 Å². The first-order chi connectivity index (χ1) is 9.02. The van der Waals surface area contributed by atoms with Crippen LogP contribution in [0.3, 0.4) is 0 Å². The largest absolute Gasteiger partial charge is 0.317 e. The third kappa shape index (κ3) is 2.11. The Hall–Kier alpha value is -2.19. The third-order valence-corrected chi connectivity index (χ3v) is 3.91. The number of nitro benzene ring substituents is 1. The number of non-ortho nitro benzene ring substituents is 1. The molecule has 98 valence electrons. The summed E-state index contributed by atoms with van der Waals surface area (Å²) in [7, 11) is 1.66. The Morgan fingerprint density at radius 1 is 1.42 bits per heavy atom. The highest BCUT2D eigenvalue weighted by Gasteiger charge is 2.41. The first kappa shape index (κ1) is 13.2. The maximum atomic E-state index is 11.3. The number of nitro groups is 1. The highest BCUT2D eigenvalue weighted by molar-refractivity contribution is 8.16. The normalized spacial score (nSPS) is 24.3. The van der Waals surface area contributed by atoms with E-state index in [2.05, 4.69) is 5.10 Å². The van der Waals surface area contributed by atoms with Gasteiger partial charge in [-0.2, -0.15) is 4.48 Å². The molecule has 1 aromatic carbocycles. The molecular formula is C11H11N4O3S+. The van der Waals surface area contributed by atoms with Crippen LogP contribution in [-0.4, -0.2) is 28.0 Å². The number of quaternary nitrogens is 1. The highest BCUT2D eigenvalue weighted by atomic mass is 32.2. The van der Waals surface area contributed by atoms with E-state index in [0.29, 0.717) is 16.4 Å². The first-order valence-corrected chi connectivity index (χ1v) is 6.14. The van der Waals surface area contributed by atoms with E-state index in [1.54, 1.807) is 24.6 Å². The quantitative estimate of drug-likeness (QED) is 0.297. The molecule has 0 bridgehead atoms. The van der Waals surface area contributed by atoms with Crippen LogP contribution in [0, 0.1) is 10.1 Å². The fraction of sp³-hybridized carbons (Fsp3) is 0.0909. The molecule has 0 aromatic heterocycles. The lowest BCUT2D eigenvalue weighted by Gasteiger charge is -2.22. The van der Waals surface area contributed by atoms with Gasteiger partial charge in [-0.25, -0.2) is 4.79 Å². The number of carbonyl (C=O) groups excluding carboxylic acids is 1. The molecule has 1 heterocycles. The van der Waals surface area contributed by atoms with Gasteiger partial charge < -0.3 is 5.84 Å². The second kappa shape index (κ2) is 4.82. The Morgan fingerprint density at radius 3 is 2.53 bits per heavy atom. The fourth-order valence-corrected chi connectivity index (χ4v) is 2.77. The van der Waals surface area contributed by atoms with Gasteiger partial charge in [0.15, 0.2) is 5.70 Å². The smallest absolute Gasteiger partial charge is 0.313 e. The lowest BCUT2D eigenvalue weighted by Crippen LogP contribution is -2.42. The van der Waals surface area contributed by atoms with E-state index < -0.39 is 4.92 Å². The number of amides is 1. The first-order valence-electron chi connectivity index (χ1n) is 5.26. The van der Waals surface area contributed by atoms with Crippen molar-refractivity contribution in [2.75, 3.05) is 7.05 Å². The molecule has 0 saturated heterocycles. The Labute approximate surface area is 113 Å². The van der Waals surface area contributed by atoms with Crippen LogP contribution in [0.4, 0.5) is 5.69 Å². The zero-order chi connectivity index (χ0) is 14.0. The predicted molar refractivity (Wildman–Crippen MR) is 72.5 cm³/mol. The van der Waals surface area contributed by atoms with Crippen molar-refractivity contribution in [2.24, 2.45) is 10.9 Å². The van der Waals surface area contributed by atoms with E-state index >= 15 is 0 Å². The third-order valence-electron chi connectivity index (χ3n) is 2.87. The van der Waals surface area contributed by atoms with Crippen LogP contribution in [0.2, 0.25) is 0 Å². The van der Waals surface area contributed by atoms with Crippen LogP contribution < -0.4 is 5.84 Å². The topological polar surface area (TPSA) is 98.6 Å². The number of benzene rings is 1. The number of rotatable bonds is 3. The summed E-state index contributed by atoms with van der Waals surface area (Å²) in [6.07, 6.45) is 0.721. The number of hydrogen-bond donors (Lipinski definition) is 1. The van der Waals surface area contributed by atoms with Gasteiger partial charge in [0, 0.05) is 23.1 Å². The Balaban J connectivity index is 2.42. The second-order valence-electron chi connectivity index (χ2n) is 4.02. The standard InChI is InChI=1S/C11H11N4O3S/c1-15(7-16)10(6-19-11(15)13-12)8-2-4-9(5-3-8)14(17)18/h2-7H,12H2,1H3/q+1. The average Bonchev–Trinajstić information content (AvgIpc) is 2.76. The summed E-state index contributed by atoms with van der Waals surface area (Å²) in [4.78, 5) is 21.5. The number of hydrazone groups is 1. The lowest BCUT2D eigenvalue weighted by atomic mass is 10.1. The van der Waals surface area contributed by atoms with Gasteiger partial charge in [0.05, 0.1) is 12.0 Å². The van der Waals surface area contributed by atoms with Crippen LogP contribution in [-0.2, 0) is 4.79 Å². The van der Waals surface area contributed by atoms with E-state index in [9.17, 15) is 14.9 Å². The molecule has 0 aliphatic carbocycles. The van der Waals surface area contributed by atoms with Gasteiger partial charge in [-0.3, -0.25) is 10.1 Å². The molecule has 2 rings (SSSR count). The molecule has 1 atom stereocenters. The van der Waals surface area contributed by atoms with Gasteiger partial charge in [-0.15, -0.1) is 5.10 Å². The Kier molecular flexibility index (Phi) is 3.36. The number of nitrogens with zero attached hydrogens (tertiary/aromatic N) is 3. The van der Waals surface area contributed by atoms with E-state index in [-0.39, 0.29) is 10.2 Å². The molecular weight excluding hydrogens is 268 g/mol. The van der Waals surface area contributed by atoms with Crippen LogP contribution in [0.1, 0.15) is 5.56 Å². The highest BCUT2D eigenvalue weighted by Crippen LogP contribution is 2.37. The van der Waals surface area contributed by atoms with Crippen molar-refractivity contribution in [2.45, 2.75) is 0 Å². The number of nitrogens with two attached hydrogens (primary N) is 1. The molecule has 1 aliphatic rings. The number of thioether (sulfide) groups is 1. The van der Waals surface area contributed by atoms with Gasteiger partial charge in [-0.05, 0) is 23.9 Å². The molecule has 1 amide bonds. The van der Waals surface area contributed by atoms with Crippen molar-refractivity contribution in [3.8, 4) is 0 Å². The summed E-state index contributed by atoms with van der Waals surface area (Å²) in [5.41, 5.74) is 1.40. The average molecular weight is 279 g/mol. The molecule has 0 saturated carbocycles. The summed E-state index contributed by atoms with van der Waals surface area (Å²) in [6, 6.07) is 6.00. The van der Waals surface area contributed by atoms with E-state index in [4.69, 9.17) is 5.84 Å². The van der Waals surface area contributed by atoms with Gasteiger partial charge in [0.1, 0.15) is 0 Å². The molecule has 1 unspecified atom stereocenters. The van der Waals surface area contributed by atoms with Crippen LogP contribution in [0.15, 0.2) is 34.8 Å². The minimum absolute atomic E-state index is 0.00280. The molecule has 2 N–H and O–H groups in total. The maximum absolute atomic E-state index is 11.3. The number of carbonyl (C=O) groups is 1. The second-order valence-corrected chi connectivity index (χ2v) is 4.85. The summed E-state index contributed by atoms with van der Waals surface area (Å²) in [5, 5.41) is 16.4. The lowest BCUT2D eigenvalue weighted by molar-refractivity contribution is -0.643. The maximum Gasteiger partial charge on any atom is 0.313 e. The molecule has 0 radical (unpaired) electrons. The van der Waals surface area contributed by atoms with Crippen molar-refractivity contribution < 1.29 is 14.2 Å². The van der Waals surface area contributed by atoms with Crippen LogP contribution in [0.5, 0.6) is 0 Å². The molecule has 1 aliphatic heterocycles. The Morgan fingerprint density at radius 2 is 2.05 bits per heavy atom. The summed E-state index contributed by atoms with van der Waals surface area (Å²) < 4.78 is -0.168. The number of amidine groups is 1. The molecule has 0 spiro atoms. The van der Waals surface area contributed by atoms with Crippen LogP contribution >= 0.6 is 11.8 Å². The zero-order valence-corrected chi connectivity index (χ0v) is 10.8. The fourth-order valence-electron chi connectivity index (χ4n) is 1.77. The van der Waals surface area contributed by atoms with Gasteiger partial charge >= 0.3 is 6.41 Å². The van der Waals surface area contributed by atoms with Gasteiger partial charge in [-0.1, -0.05) is 0 Å². The van der Waals surface area contributed by atoms with Crippen molar-refractivity contribution in [3.63, 3.8) is 0 Å². The molecule has 1 aromatic rings. The summed E-state index contributed by atoms with van der Waals surface area (Å²) in [5.74, 6) is 5.26. The SMILES string of the molecule is C[N+]1(C=O)C(c2ccc([N+](=O)[O-])cc2)=CSC1=NN. The van der Waals surface area contributed by atoms with E-state index in [1.165, 1.54) is 23.9 Å². The van der Waals surface area contributed by atoms with Gasteiger partial charge in [0.2, 0.25) is 0 Å². The van der Waals surface area contributed by atoms with Crippen molar-refractivity contribution in [1.82, 2.24) is 0 Å². The van der Waals surface area contributed by atoms with Crippen molar-refractivity contribution in [1.29, 1.82) is 0 Å². The summed E-state index contributed by atoms with van der Waals surface area (Å²) >= 11 is 1.26. The summed E-state index contributed by atoms with van der Waals surface area (Å²) in [6.45, 7) is 0. The molecule has 0 fully saturated rings. The molecule has 19 heavy (non-hydrogen) atoms. The number of hydrogen-bond acceptors (Lipinski definition) is 6. The van der Waals surface area contributed by atoms with Crippen molar-refractivity contribution >= 4 is 34.7 Å².